The molecule has 0 aliphatic rings. The van der Waals surface area contributed by atoms with Gasteiger partial charge in [-0.3, -0.25) is 0 Å². The molecule has 3 aromatic rings. The second-order valence-electron chi connectivity index (χ2n) is 6.29. The molecule has 0 spiro atoms. The molecule has 0 saturated carbocycles. The van der Waals surface area contributed by atoms with Crippen LogP contribution in [-0.2, 0) is 0 Å². The maximum absolute atomic E-state index is 14.7. The second-order valence-corrected chi connectivity index (χ2v) is 8.89. The fourth-order valence-electron chi connectivity index (χ4n) is 3.07. The van der Waals surface area contributed by atoms with E-state index in [1.165, 1.54) is 0 Å². The first-order valence-electron chi connectivity index (χ1n) is 8.07. The number of aryl methyl sites for hydroxylation is 1. The van der Waals surface area contributed by atoms with Gasteiger partial charge in [-0.15, -0.1) is 0 Å². The van der Waals surface area contributed by atoms with E-state index in [4.69, 9.17) is 0 Å². The van der Waals surface area contributed by atoms with Crippen molar-refractivity contribution >= 4 is 27.4 Å². The number of benzene rings is 3. The van der Waals surface area contributed by atoms with Crippen molar-refractivity contribution in [1.82, 2.24) is 0 Å². The third-order valence-electron chi connectivity index (χ3n) is 4.48. The van der Waals surface area contributed by atoms with Crippen LogP contribution in [0.4, 0.5) is 43.9 Å². The summed E-state index contributed by atoms with van der Waals surface area (Å²) < 4.78 is 137. The van der Waals surface area contributed by atoms with E-state index in [0.29, 0.717) is 6.07 Å². The molecule has 156 valence electrons. The molecule has 0 unspecified atom stereocenters. The van der Waals surface area contributed by atoms with Gasteiger partial charge in [0.1, 0.15) is 23.3 Å². The van der Waals surface area contributed by atoms with E-state index in [1.54, 1.807) is 0 Å². The minimum atomic E-state index is -4.73. The van der Waals surface area contributed by atoms with Crippen molar-refractivity contribution < 1.29 is 43.9 Å². The van der Waals surface area contributed by atoms with Crippen LogP contribution in [-0.4, -0.2) is 14.1 Å². The summed E-state index contributed by atoms with van der Waals surface area (Å²) in [6.07, 6.45) is 0. The predicted octanol–water partition coefficient (Wildman–Crippen LogP) is 3.90. The van der Waals surface area contributed by atoms with Crippen LogP contribution in [0.15, 0.2) is 24.3 Å². The van der Waals surface area contributed by atoms with E-state index in [1.807, 2.05) is 0 Å². The van der Waals surface area contributed by atoms with E-state index in [-0.39, 0.29) is 17.7 Å². The highest BCUT2D eigenvalue weighted by atomic mass is 27.2. The minimum Gasteiger partial charge on any atom is -0.208 e. The van der Waals surface area contributed by atoms with Gasteiger partial charge >= 0.3 is 14.1 Å². The molecule has 0 heterocycles. The van der Waals surface area contributed by atoms with Gasteiger partial charge in [0, 0.05) is 12.1 Å². The standard InChI is InChI=1S/C7H5F2.2C6HF4.Al/c1-5-2-3-6(8)4-7(5)9;2*7-3-1-4(8)6(10)5(9)2-3;/h2-3H,1H3;2*1H;. The lowest BCUT2D eigenvalue weighted by atomic mass is 10.2. The molecule has 3 aromatic carbocycles. The summed E-state index contributed by atoms with van der Waals surface area (Å²) in [7, 11) is 0. The van der Waals surface area contributed by atoms with Crippen molar-refractivity contribution in [1.29, 1.82) is 0 Å². The Kier molecular flexibility index (Phi) is 5.89. The summed E-state index contributed by atoms with van der Waals surface area (Å²) in [4.78, 5) is 0. The number of hydrogen-bond acceptors (Lipinski definition) is 0. The Labute approximate surface area is 166 Å². The number of rotatable bonds is 3. The summed E-state index contributed by atoms with van der Waals surface area (Å²) in [5.41, 5.74) is -0.323. The van der Waals surface area contributed by atoms with Gasteiger partial charge in [-0.2, -0.15) is 0 Å². The molecule has 0 aromatic heterocycles. The molecule has 0 saturated heterocycles. The molecule has 0 amide bonds. The van der Waals surface area contributed by atoms with E-state index >= 15 is 0 Å². The van der Waals surface area contributed by atoms with Gasteiger partial charge in [-0.25, -0.2) is 43.9 Å². The number of hydrogen-bond donors (Lipinski definition) is 0. The summed E-state index contributed by atoms with van der Waals surface area (Å²) in [6, 6.07) is 1.14. The zero-order chi connectivity index (χ0) is 22.5. The van der Waals surface area contributed by atoms with Gasteiger partial charge in [0.2, 0.25) is 0 Å². The lowest BCUT2D eigenvalue weighted by Gasteiger charge is -2.19. The summed E-state index contributed by atoms with van der Waals surface area (Å²) in [6.45, 7) is 1.08. The van der Waals surface area contributed by atoms with Crippen molar-refractivity contribution in [2.24, 2.45) is 0 Å². The van der Waals surface area contributed by atoms with Crippen LogP contribution in [0.25, 0.3) is 0 Å². The first-order chi connectivity index (χ1) is 14.0. The van der Waals surface area contributed by atoms with Crippen molar-refractivity contribution in [2.45, 2.75) is 6.92 Å². The quantitative estimate of drug-likeness (QED) is 0.245. The molecule has 0 bridgehead atoms. The first-order valence-corrected chi connectivity index (χ1v) is 9.80. The average Bonchev–Trinajstić information content (AvgIpc) is 2.67. The fourth-order valence-corrected chi connectivity index (χ4v) is 6.26. The largest absolute Gasteiger partial charge is 0.412 e. The monoisotopic (exact) mass is 452 g/mol. The third-order valence-corrected chi connectivity index (χ3v) is 7.80. The Bertz CT molecular complexity index is 1110. The Balaban J connectivity index is 2.54. The van der Waals surface area contributed by atoms with Gasteiger partial charge in [-0.05, 0) is 31.8 Å². The van der Waals surface area contributed by atoms with Crippen molar-refractivity contribution in [3.63, 3.8) is 0 Å². The van der Waals surface area contributed by atoms with Crippen LogP contribution in [0.2, 0.25) is 0 Å². The highest BCUT2D eigenvalue weighted by Crippen LogP contribution is 2.18. The molecule has 0 radical (unpaired) electrons. The molecule has 0 atom stereocenters. The van der Waals surface area contributed by atoms with Crippen molar-refractivity contribution in [2.75, 3.05) is 0 Å². The number of halogens is 10. The van der Waals surface area contributed by atoms with Crippen molar-refractivity contribution in [3.8, 4) is 0 Å². The van der Waals surface area contributed by atoms with Crippen LogP contribution in [0.5, 0.6) is 0 Å². The van der Waals surface area contributed by atoms with Crippen molar-refractivity contribution in [3.05, 3.63) is 88.0 Å². The zero-order valence-electron chi connectivity index (χ0n) is 14.7. The van der Waals surface area contributed by atoms with Gasteiger partial charge in [0.25, 0.3) is 0 Å². The van der Waals surface area contributed by atoms with E-state index in [2.05, 4.69) is 0 Å². The van der Waals surface area contributed by atoms with Gasteiger partial charge < -0.3 is 0 Å². The summed E-state index contributed by atoms with van der Waals surface area (Å²) in [5.74, 6) is -20.0. The second kappa shape index (κ2) is 7.96. The Hall–Kier alpha value is -2.51. The van der Waals surface area contributed by atoms with Gasteiger partial charge in [0.05, 0.1) is 0 Å². The lowest BCUT2D eigenvalue weighted by molar-refractivity contribution is 0.438. The molecule has 0 aliphatic heterocycles. The van der Waals surface area contributed by atoms with E-state index in [0.717, 1.165) is 13.0 Å². The van der Waals surface area contributed by atoms with Crippen LogP contribution < -0.4 is 13.3 Å². The van der Waals surface area contributed by atoms with Crippen LogP contribution >= 0.6 is 0 Å². The Morgan fingerprint density at radius 2 is 0.867 bits per heavy atom. The zero-order valence-corrected chi connectivity index (χ0v) is 15.8. The van der Waals surface area contributed by atoms with Crippen LogP contribution in [0.3, 0.4) is 0 Å². The maximum atomic E-state index is 14.7. The average molecular weight is 452 g/mol. The molecule has 0 nitrogen and oxygen atoms in total. The topological polar surface area (TPSA) is 0 Å². The maximum Gasteiger partial charge on any atom is 0.412 e. The Morgan fingerprint density at radius 3 is 1.30 bits per heavy atom. The molecular weight excluding hydrogens is 445 g/mol. The first kappa shape index (κ1) is 22.2. The minimum absolute atomic E-state index is 0.185. The SMILES string of the molecule is Cc1ccc(F)[c]([Al]([c]2c(F)cc(F)c(F)c2F)[c]2c(F)cc(F)c(F)c2F)c1F. The highest BCUT2D eigenvalue weighted by molar-refractivity contribution is 6.95. The summed E-state index contributed by atoms with van der Waals surface area (Å²) in [5, 5.41) is 0. The normalized spacial score (nSPS) is 11.2. The van der Waals surface area contributed by atoms with Gasteiger partial charge in [0.15, 0.2) is 34.9 Å². The molecular formula is C19H7AlF10. The van der Waals surface area contributed by atoms with Crippen LogP contribution in [0.1, 0.15) is 5.56 Å². The van der Waals surface area contributed by atoms with E-state index in [9.17, 15) is 43.9 Å². The molecule has 3 rings (SSSR count). The molecule has 30 heavy (non-hydrogen) atoms. The highest BCUT2D eigenvalue weighted by Gasteiger charge is 2.42. The van der Waals surface area contributed by atoms with Crippen LogP contribution in [0, 0.1) is 65.1 Å². The smallest absolute Gasteiger partial charge is 0.208 e. The molecule has 11 heteroatoms. The lowest BCUT2D eigenvalue weighted by Crippen LogP contribution is -2.59. The van der Waals surface area contributed by atoms with Gasteiger partial charge in [-0.1, -0.05) is 6.07 Å². The third kappa shape index (κ3) is 3.46. The summed E-state index contributed by atoms with van der Waals surface area (Å²) >= 11 is -4.73. The fraction of sp³-hybridized carbons (Fsp3) is 0.0526. The Morgan fingerprint density at radius 1 is 0.467 bits per heavy atom. The van der Waals surface area contributed by atoms with E-state index < -0.39 is 85.6 Å². The molecule has 0 fully saturated rings. The molecule has 0 N–H and O–H groups in total. The molecule has 0 aliphatic carbocycles. The predicted molar refractivity (Wildman–Crippen MR) is 88.3 cm³/mol.